The van der Waals surface area contributed by atoms with Gasteiger partial charge in [0.25, 0.3) is 0 Å². The summed E-state index contributed by atoms with van der Waals surface area (Å²) in [6.07, 6.45) is -0.705. The molecule has 1 aliphatic carbocycles. The molecule has 1 amide bonds. The zero-order valence-electron chi connectivity index (χ0n) is 20.2. The standard InChI is InChI=1S/C24H31F4N5O3/c1-16-20(32-36-31-16)14-21(34)29-18-4-8-23(25,9-5-18)10-13-33-11-6-17-2-3-22(30-19(17)7-12-33)35-15-24(26,27)28/h2-3,18H,4-15H2,1H3,(H,29,34)/t18-,23+. The fourth-order valence-electron chi connectivity index (χ4n) is 4.80. The maximum Gasteiger partial charge on any atom is 0.422 e. The van der Waals surface area contributed by atoms with Crippen molar-refractivity contribution in [3.05, 3.63) is 34.8 Å². The molecule has 0 aromatic carbocycles. The number of aryl methyl sites for hydroxylation is 1. The molecule has 198 valence electrons. The number of fused-ring (bicyclic) bond motifs is 1. The van der Waals surface area contributed by atoms with Gasteiger partial charge in [-0.15, -0.1) is 0 Å². The number of hydrogen-bond donors (Lipinski definition) is 1. The van der Waals surface area contributed by atoms with Gasteiger partial charge in [0.05, 0.1) is 6.42 Å². The van der Waals surface area contributed by atoms with Crippen LogP contribution in [0, 0.1) is 6.92 Å². The predicted octanol–water partition coefficient (Wildman–Crippen LogP) is 3.51. The van der Waals surface area contributed by atoms with Crippen LogP contribution in [0.2, 0.25) is 0 Å². The van der Waals surface area contributed by atoms with Crippen molar-refractivity contribution in [2.24, 2.45) is 0 Å². The molecule has 0 bridgehead atoms. The Labute approximate surface area is 206 Å². The average Bonchev–Trinajstić information content (AvgIpc) is 3.11. The van der Waals surface area contributed by atoms with Gasteiger partial charge in [-0.05, 0) is 51.0 Å². The molecule has 8 nitrogen and oxygen atoms in total. The molecule has 0 radical (unpaired) electrons. The number of alkyl halides is 4. The van der Waals surface area contributed by atoms with E-state index in [1.165, 1.54) is 6.07 Å². The van der Waals surface area contributed by atoms with Crippen molar-refractivity contribution in [3.63, 3.8) is 0 Å². The second-order valence-corrected chi connectivity index (χ2v) is 9.72. The van der Waals surface area contributed by atoms with Gasteiger partial charge in [-0.25, -0.2) is 14.0 Å². The van der Waals surface area contributed by atoms with Crippen LogP contribution in [0.5, 0.6) is 5.88 Å². The minimum atomic E-state index is -4.41. The Balaban J connectivity index is 1.20. The average molecular weight is 514 g/mol. The molecule has 0 atom stereocenters. The molecule has 2 aromatic rings. The van der Waals surface area contributed by atoms with Crippen LogP contribution in [0.1, 0.15) is 54.7 Å². The lowest BCUT2D eigenvalue weighted by Crippen LogP contribution is -2.43. The summed E-state index contributed by atoms with van der Waals surface area (Å²) < 4.78 is 62.1. The van der Waals surface area contributed by atoms with E-state index in [0.717, 1.165) is 17.8 Å². The quantitative estimate of drug-likeness (QED) is 0.540. The number of nitrogens with zero attached hydrogens (tertiary/aromatic N) is 4. The zero-order valence-corrected chi connectivity index (χ0v) is 20.2. The van der Waals surface area contributed by atoms with Gasteiger partial charge in [0, 0.05) is 43.9 Å². The number of hydrogen-bond acceptors (Lipinski definition) is 7. The van der Waals surface area contributed by atoms with Crippen molar-refractivity contribution in [3.8, 4) is 5.88 Å². The largest absolute Gasteiger partial charge is 0.468 e. The first-order valence-corrected chi connectivity index (χ1v) is 12.3. The number of aromatic nitrogens is 3. The van der Waals surface area contributed by atoms with Crippen molar-refractivity contribution in [1.29, 1.82) is 0 Å². The normalized spacial score (nSPS) is 23.1. The first-order chi connectivity index (χ1) is 17.1. The number of pyridine rings is 1. The summed E-state index contributed by atoms with van der Waals surface area (Å²) in [5, 5.41) is 10.3. The van der Waals surface area contributed by atoms with E-state index in [-0.39, 0.29) is 24.2 Å². The molecule has 1 aliphatic heterocycles. The summed E-state index contributed by atoms with van der Waals surface area (Å²) in [6.45, 7) is 2.35. The Hall–Kier alpha value is -2.76. The van der Waals surface area contributed by atoms with Gasteiger partial charge >= 0.3 is 6.18 Å². The Bertz CT molecular complexity index is 1040. The van der Waals surface area contributed by atoms with Crippen LogP contribution >= 0.6 is 0 Å². The minimum absolute atomic E-state index is 0.0288. The number of rotatable bonds is 8. The molecule has 2 aliphatic rings. The fraction of sp³-hybridized carbons (Fsp3) is 0.667. The minimum Gasteiger partial charge on any atom is -0.468 e. The molecule has 12 heteroatoms. The van der Waals surface area contributed by atoms with Gasteiger partial charge in [0.15, 0.2) is 6.61 Å². The van der Waals surface area contributed by atoms with E-state index >= 15 is 4.39 Å². The van der Waals surface area contributed by atoms with Crippen LogP contribution in [0.4, 0.5) is 17.6 Å². The first kappa shape index (κ1) is 26.3. The second kappa shape index (κ2) is 11.1. The number of nitrogens with one attached hydrogen (secondary N) is 1. The first-order valence-electron chi connectivity index (χ1n) is 12.3. The van der Waals surface area contributed by atoms with Gasteiger partial charge in [0.2, 0.25) is 11.8 Å². The van der Waals surface area contributed by atoms with Gasteiger partial charge in [-0.3, -0.25) is 4.79 Å². The summed E-state index contributed by atoms with van der Waals surface area (Å²) in [5.74, 6) is -0.200. The van der Waals surface area contributed by atoms with Crippen LogP contribution < -0.4 is 10.1 Å². The van der Waals surface area contributed by atoms with Crippen molar-refractivity contribution in [1.82, 2.24) is 25.5 Å². The highest BCUT2D eigenvalue weighted by atomic mass is 19.4. The summed E-state index contributed by atoms with van der Waals surface area (Å²) in [7, 11) is 0. The monoisotopic (exact) mass is 513 g/mol. The number of carbonyl (C=O) groups excluding carboxylic acids is 1. The molecular weight excluding hydrogens is 482 g/mol. The van der Waals surface area contributed by atoms with Crippen molar-refractivity contribution in [2.75, 3.05) is 26.2 Å². The van der Waals surface area contributed by atoms with Crippen molar-refractivity contribution in [2.45, 2.75) is 76.2 Å². The van der Waals surface area contributed by atoms with Crippen LogP contribution in [0.15, 0.2) is 16.8 Å². The smallest absolute Gasteiger partial charge is 0.422 e. The highest BCUT2D eigenvalue weighted by Gasteiger charge is 2.36. The number of amides is 1. The van der Waals surface area contributed by atoms with Gasteiger partial charge in [0.1, 0.15) is 17.1 Å². The predicted molar refractivity (Wildman–Crippen MR) is 121 cm³/mol. The molecule has 0 spiro atoms. The van der Waals surface area contributed by atoms with E-state index in [4.69, 9.17) is 4.74 Å². The lowest BCUT2D eigenvalue weighted by atomic mass is 9.81. The molecule has 1 fully saturated rings. The van der Waals surface area contributed by atoms with Gasteiger partial charge in [-0.1, -0.05) is 16.4 Å². The van der Waals surface area contributed by atoms with E-state index in [1.807, 2.05) is 0 Å². The van der Waals surface area contributed by atoms with Crippen LogP contribution in [-0.4, -0.2) is 70.2 Å². The fourth-order valence-corrected chi connectivity index (χ4v) is 4.80. The molecule has 1 N–H and O–H groups in total. The third-order valence-corrected chi connectivity index (χ3v) is 6.99. The van der Waals surface area contributed by atoms with Crippen LogP contribution in [-0.2, 0) is 24.1 Å². The Morgan fingerprint density at radius 3 is 2.67 bits per heavy atom. The number of halogens is 4. The topological polar surface area (TPSA) is 93.4 Å². The zero-order chi connectivity index (χ0) is 25.8. The Kier molecular flexibility index (Phi) is 8.11. The molecular formula is C24H31F4N5O3. The number of ether oxygens (including phenoxy) is 1. The SMILES string of the molecule is Cc1nonc1CC(=O)N[C@H]1CC[C@](F)(CCN2CCc3ccc(OCC(F)(F)F)nc3CC2)CC1. The lowest BCUT2D eigenvalue weighted by molar-refractivity contribution is -0.154. The second-order valence-electron chi connectivity index (χ2n) is 9.72. The van der Waals surface area contributed by atoms with Crippen LogP contribution in [0.25, 0.3) is 0 Å². The molecule has 0 saturated heterocycles. The van der Waals surface area contributed by atoms with E-state index in [1.54, 1.807) is 13.0 Å². The van der Waals surface area contributed by atoms with Crippen LogP contribution in [0.3, 0.4) is 0 Å². The van der Waals surface area contributed by atoms with E-state index in [0.29, 0.717) is 69.4 Å². The maximum absolute atomic E-state index is 15.5. The van der Waals surface area contributed by atoms with Gasteiger partial charge in [-0.2, -0.15) is 13.2 Å². The summed E-state index contributed by atoms with van der Waals surface area (Å²) in [5.41, 5.74) is 1.53. The lowest BCUT2D eigenvalue weighted by Gasteiger charge is -2.35. The highest BCUT2D eigenvalue weighted by Crippen LogP contribution is 2.35. The third kappa shape index (κ3) is 7.37. The van der Waals surface area contributed by atoms with E-state index in [9.17, 15) is 18.0 Å². The van der Waals surface area contributed by atoms with Gasteiger partial charge < -0.3 is 15.0 Å². The summed E-state index contributed by atoms with van der Waals surface area (Å²) in [6, 6.07) is 3.18. The van der Waals surface area contributed by atoms with Crippen molar-refractivity contribution < 1.29 is 31.7 Å². The summed E-state index contributed by atoms with van der Waals surface area (Å²) in [4.78, 5) is 18.7. The summed E-state index contributed by atoms with van der Waals surface area (Å²) >= 11 is 0. The number of carbonyl (C=O) groups is 1. The van der Waals surface area contributed by atoms with E-state index < -0.39 is 18.5 Å². The van der Waals surface area contributed by atoms with Crippen molar-refractivity contribution >= 4 is 5.91 Å². The molecule has 1 saturated carbocycles. The maximum atomic E-state index is 15.5. The van der Waals surface area contributed by atoms with E-state index in [2.05, 4.69) is 30.1 Å². The molecule has 3 heterocycles. The highest BCUT2D eigenvalue weighted by molar-refractivity contribution is 5.78. The Morgan fingerprint density at radius 2 is 1.97 bits per heavy atom. The molecule has 2 aromatic heterocycles. The molecule has 0 unspecified atom stereocenters. The third-order valence-electron chi connectivity index (χ3n) is 6.99. The molecule has 36 heavy (non-hydrogen) atoms. The Morgan fingerprint density at radius 1 is 1.22 bits per heavy atom. The molecule has 4 rings (SSSR count).